The van der Waals surface area contributed by atoms with E-state index in [4.69, 9.17) is 4.74 Å². The molecule has 1 aromatic heterocycles. The molecule has 2 aromatic rings. The van der Waals surface area contributed by atoms with Crippen LogP contribution < -0.4 is 0 Å². The molecule has 5 rings (SSSR count). The molecule has 0 bridgehead atoms. The van der Waals surface area contributed by atoms with Crippen LogP contribution in [0.5, 0.6) is 5.75 Å². The number of halogens is 1. The number of pyridine rings is 1. The summed E-state index contributed by atoms with van der Waals surface area (Å²) in [5.74, 6) is -1.66. The van der Waals surface area contributed by atoms with Crippen LogP contribution in [0.2, 0.25) is 0 Å². The third-order valence-corrected chi connectivity index (χ3v) is 7.84. The van der Waals surface area contributed by atoms with Crippen LogP contribution in [0.15, 0.2) is 53.7 Å². The Kier molecular flexibility index (Phi) is 6.51. The highest BCUT2D eigenvalue weighted by Crippen LogP contribution is 2.51. The van der Waals surface area contributed by atoms with Gasteiger partial charge in [-0.05, 0) is 72.2 Å². The highest BCUT2D eigenvalue weighted by atomic mass is 19.1. The molecule has 0 radical (unpaired) electrons. The van der Waals surface area contributed by atoms with E-state index >= 15 is 0 Å². The molecular formula is C29H31FN2O4. The first-order valence-electron chi connectivity index (χ1n) is 12.5. The molecule has 36 heavy (non-hydrogen) atoms. The first-order chi connectivity index (χ1) is 17.3. The van der Waals surface area contributed by atoms with Gasteiger partial charge in [-0.1, -0.05) is 31.6 Å². The summed E-state index contributed by atoms with van der Waals surface area (Å²) < 4.78 is 20.3. The zero-order valence-corrected chi connectivity index (χ0v) is 20.8. The molecule has 0 unspecified atom stereocenters. The van der Waals surface area contributed by atoms with E-state index in [0.29, 0.717) is 31.4 Å². The number of likely N-dealkylation sites (tertiary alicyclic amines) is 1. The van der Waals surface area contributed by atoms with E-state index in [1.54, 1.807) is 19.3 Å². The Morgan fingerprint density at radius 3 is 2.72 bits per heavy atom. The number of benzene rings is 1. The second-order valence-electron chi connectivity index (χ2n) is 10.3. The maximum atomic E-state index is 14.0. The van der Waals surface area contributed by atoms with Gasteiger partial charge in [0, 0.05) is 19.2 Å². The second kappa shape index (κ2) is 9.62. The lowest BCUT2D eigenvalue weighted by atomic mass is 9.67. The lowest BCUT2D eigenvalue weighted by molar-refractivity contribution is -0.138. The van der Waals surface area contributed by atoms with Gasteiger partial charge in [-0.3, -0.25) is 19.5 Å². The smallest absolute Gasteiger partial charge is 0.233 e. The Bertz CT molecular complexity index is 1250. The van der Waals surface area contributed by atoms with E-state index < -0.39 is 5.82 Å². The average molecular weight is 491 g/mol. The Morgan fingerprint density at radius 2 is 2.03 bits per heavy atom. The molecule has 2 saturated heterocycles. The van der Waals surface area contributed by atoms with Crippen LogP contribution in [-0.4, -0.2) is 46.6 Å². The van der Waals surface area contributed by atoms with Gasteiger partial charge < -0.3 is 9.84 Å². The van der Waals surface area contributed by atoms with Crippen molar-refractivity contribution in [3.8, 4) is 5.75 Å². The second-order valence-corrected chi connectivity index (χ2v) is 10.3. The number of imide groups is 1. The fourth-order valence-corrected chi connectivity index (χ4v) is 6.04. The number of hydrogen-bond acceptors (Lipinski definition) is 5. The number of allylic oxidation sites excluding steroid dienone is 2. The minimum atomic E-state index is -0.671. The molecule has 3 aliphatic rings. The minimum Gasteiger partial charge on any atom is -0.505 e. The summed E-state index contributed by atoms with van der Waals surface area (Å²) in [5, 5.41) is 9.56. The van der Waals surface area contributed by atoms with E-state index in [1.165, 1.54) is 28.2 Å². The Morgan fingerprint density at radius 1 is 1.22 bits per heavy atom. The van der Waals surface area contributed by atoms with Crippen molar-refractivity contribution in [2.24, 2.45) is 23.7 Å². The maximum absolute atomic E-state index is 14.0. The van der Waals surface area contributed by atoms with Crippen LogP contribution in [-0.2, 0) is 14.3 Å². The zero-order valence-electron chi connectivity index (χ0n) is 20.8. The molecule has 1 N–H and O–H groups in total. The highest BCUT2D eigenvalue weighted by molar-refractivity contribution is 6.05. The number of hydrogen-bond donors (Lipinski definition) is 1. The number of phenols is 1. The maximum Gasteiger partial charge on any atom is 0.233 e. The number of amides is 2. The third kappa shape index (κ3) is 4.26. The molecule has 0 spiro atoms. The van der Waals surface area contributed by atoms with E-state index in [0.717, 1.165) is 11.3 Å². The molecule has 4 atom stereocenters. The molecular weight excluding hydrogens is 459 g/mol. The number of phenolic OH excluding ortho intramolecular Hbond substituents is 1. The van der Waals surface area contributed by atoms with E-state index in [9.17, 15) is 19.1 Å². The Hall–Kier alpha value is -3.32. The summed E-state index contributed by atoms with van der Waals surface area (Å²) in [4.78, 5) is 31.5. The van der Waals surface area contributed by atoms with Crippen molar-refractivity contribution >= 4 is 23.5 Å². The monoisotopic (exact) mass is 490 g/mol. The molecule has 188 valence electrons. The first-order valence-corrected chi connectivity index (χ1v) is 12.5. The molecule has 1 aliphatic carbocycles. The van der Waals surface area contributed by atoms with E-state index in [-0.39, 0.29) is 47.3 Å². The third-order valence-electron chi connectivity index (χ3n) is 7.84. The predicted octanol–water partition coefficient (Wildman–Crippen LogP) is 4.85. The highest BCUT2D eigenvalue weighted by Gasteiger charge is 2.56. The van der Waals surface area contributed by atoms with Crippen molar-refractivity contribution in [1.29, 1.82) is 0 Å². The van der Waals surface area contributed by atoms with Crippen LogP contribution in [0.25, 0.3) is 11.6 Å². The normalized spacial score (nSPS) is 26.1. The van der Waals surface area contributed by atoms with Gasteiger partial charge in [-0.15, -0.1) is 0 Å². The number of fused-ring (bicyclic) bond motifs is 3. The molecule has 2 aliphatic heterocycles. The molecule has 2 fully saturated rings. The standard InChI is InChI=1S/C29H31FN2O4/c1-16(2)19-14-20-27(29(35)32(3)28(20)34)21-15-36-25(26(19)21)10-8-18(23-6-4-5-11-31-23)12-17-7-9-24(33)22(30)13-17/h4-7,9,11-13,16,20-21,25,27,33H,8,10,14-15H2,1-3H3/b18-12-/t20-,21+,25-,27-/m1/s1. The fraction of sp³-hybridized carbons (Fsp3) is 0.414. The molecule has 7 heteroatoms. The number of carbonyl (C=O) groups excluding carboxylic acids is 2. The largest absolute Gasteiger partial charge is 0.505 e. The number of carbonyl (C=O) groups is 2. The lowest BCUT2D eigenvalue weighted by Crippen LogP contribution is -2.34. The van der Waals surface area contributed by atoms with Gasteiger partial charge in [-0.25, -0.2) is 4.39 Å². The van der Waals surface area contributed by atoms with E-state index in [2.05, 4.69) is 18.8 Å². The van der Waals surface area contributed by atoms with Gasteiger partial charge in [0.05, 0.1) is 30.2 Å². The summed E-state index contributed by atoms with van der Waals surface area (Å²) in [7, 11) is 1.58. The summed E-state index contributed by atoms with van der Waals surface area (Å²) in [6.07, 6.45) is 5.39. The number of aromatic hydroxyl groups is 1. The lowest BCUT2D eigenvalue weighted by Gasteiger charge is -2.33. The number of nitrogens with zero attached hydrogens (tertiary/aromatic N) is 2. The van der Waals surface area contributed by atoms with Crippen molar-refractivity contribution in [2.75, 3.05) is 13.7 Å². The number of ether oxygens (including phenoxy) is 1. The van der Waals surface area contributed by atoms with Crippen LogP contribution in [0, 0.1) is 29.5 Å². The topological polar surface area (TPSA) is 79.7 Å². The average Bonchev–Trinajstić information content (AvgIpc) is 3.38. The molecule has 1 aromatic carbocycles. The SMILES string of the molecule is CC(C)C1=C2[C@@H](CC/C(=C/c3ccc(O)c(F)c3)c3ccccn3)OC[C@@H]2[C@@H]2C(=O)N(C)C(=O)[C@@H]2C1. The Balaban J connectivity index is 1.44. The molecule has 0 saturated carbocycles. The number of rotatable bonds is 6. The minimum absolute atomic E-state index is 0.0685. The molecule has 2 amide bonds. The van der Waals surface area contributed by atoms with Gasteiger partial charge in [0.1, 0.15) is 0 Å². The summed E-state index contributed by atoms with van der Waals surface area (Å²) in [6.45, 7) is 4.72. The van der Waals surface area contributed by atoms with Crippen molar-refractivity contribution in [2.45, 2.75) is 39.2 Å². The van der Waals surface area contributed by atoms with Crippen LogP contribution in [0.4, 0.5) is 4.39 Å². The van der Waals surface area contributed by atoms with Crippen molar-refractivity contribution in [3.05, 3.63) is 70.8 Å². The number of aromatic nitrogens is 1. The van der Waals surface area contributed by atoms with Crippen LogP contribution >= 0.6 is 0 Å². The molecule has 3 heterocycles. The van der Waals surface area contributed by atoms with Crippen LogP contribution in [0.3, 0.4) is 0 Å². The van der Waals surface area contributed by atoms with E-state index in [1.807, 2.05) is 24.3 Å². The van der Waals surface area contributed by atoms with Gasteiger partial charge in [-0.2, -0.15) is 0 Å². The van der Waals surface area contributed by atoms with Gasteiger partial charge in [0.25, 0.3) is 0 Å². The summed E-state index contributed by atoms with van der Waals surface area (Å²) in [5.41, 5.74) is 4.79. The van der Waals surface area contributed by atoms with Gasteiger partial charge in [0.2, 0.25) is 11.8 Å². The van der Waals surface area contributed by atoms with Gasteiger partial charge >= 0.3 is 0 Å². The summed E-state index contributed by atoms with van der Waals surface area (Å²) >= 11 is 0. The summed E-state index contributed by atoms with van der Waals surface area (Å²) in [6, 6.07) is 10.0. The van der Waals surface area contributed by atoms with Crippen molar-refractivity contribution < 1.29 is 23.8 Å². The van der Waals surface area contributed by atoms with Crippen LogP contribution in [0.1, 0.15) is 44.4 Å². The predicted molar refractivity (Wildman–Crippen MR) is 134 cm³/mol. The fourth-order valence-electron chi connectivity index (χ4n) is 6.04. The van der Waals surface area contributed by atoms with Crippen molar-refractivity contribution in [1.82, 2.24) is 9.88 Å². The zero-order chi connectivity index (χ0) is 25.6. The molecule has 6 nitrogen and oxygen atoms in total. The Labute approximate surface area is 210 Å². The van der Waals surface area contributed by atoms with Gasteiger partial charge in [0.15, 0.2) is 11.6 Å². The van der Waals surface area contributed by atoms with Crippen molar-refractivity contribution in [3.63, 3.8) is 0 Å². The quantitative estimate of drug-likeness (QED) is 0.463. The first kappa shape index (κ1) is 24.4.